The molecule has 0 aliphatic rings. The second-order valence-electron chi connectivity index (χ2n) is 3.57. The quantitative estimate of drug-likeness (QED) is 0.581. The van der Waals surface area contributed by atoms with Gasteiger partial charge in [-0.3, -0.25) is 0 Å². The van der Waals surface area contributed by atoms with E-state index in [0.717, 1.165) is 0 Å². The minimum atomic E-state index is -5.04. The molecular formula is C9H13BF3N2-. The Balaban J connectivity index is 3.55. The molecule has 1 aromatic carbocycles. The first-order valence-corrected chi connectivity index (χ1v) is 4.57. The van der Waals surface area contributed by atoms with E-state index < -0.39 is 12.4 Å². The fourth-order valence-corrected chi connectivity index (χ4v) is 1.72. The molecule has 0 saturated heterocycles. The number of rotatable bonds is 2. The van der Waals surface area contributed by atoms with Gasteiger partial charge in [0.25, 0.3) is 0 Å². The van der Waals surface area contributed by atoms with Crippen molar-refractivity contribution in [2.75, 3.05) is 5.73 Å². The number of hydrogen-bond acceptors (Lipinski definition) is 2. The van der Waals surface area contributed by atoms with Crippen molar-refractivity contribution in [2.24, 2.45) is 5.73 Å². The van der Waals surface area contributed by atoms with Gasteiger partial charge >= 0.3 is 6.98 Å². The molecule has 4 N–H and O–H groups in total. The van der Waals surface area contributed by atoms with Crippen molar-refractivity contribution in [3.05, 3.63) is 22.8 Å². The standard InChI is InChI=1S/C9H13BF3N2/c1-5-7(4-14)3-8(15)6(2)9(5)10(11,12)13/h3H,4,14-15H2,1-2H3/q-1. The molecule has 0 spiro atoms. The van der Waals surface area contributed by atoms with Gasteiger partial charge in [-0.2, -0.15) is 0 Å². The van der Waals surface area contributed by atoms with Crippen LogP contribution in [-0.2, 0) is 6.54 Å². The molecule has 1 aromatic rings. The van der Waals surface area contributed by atoms with Crippen molar-refractivity contribution in [1.29, 1.82) is 0 Å². The van der Waals surface area contributed by atoms with Crippen LogP contribution in [0.25, 0.3) is 0 Å². The summed E-state index contributed by atoms with van der Waals surface area (Å²) in [5.74, 6) is 0. The lowest BCUT2D eigenvalue weighted by atomic mass is 9.72. The molecule has 0 aliphatic carbocycles. The van der Waals surface area contributed by atoms with Crippen molar-refractivity contribution in [3.8, 4) is 0 Å². The number of nitrogens with two attached hydrogens (primary N) is 2. The molecule has 0 heterocycles. The average Bonchev–Trinajstić information content (AvgIpc) is 2.09. The summed E-state index contributed by atoms with van der Waals surface area (Å²) < 4.78 is 38.3. The Labute approximate surface area is 86.5 Å². The van der Waals surface area contributed by atoms with Gasteiger partial charge < -0.3 is 24.4 Å². The third-order valence-electron chi connectivity index (χ3n) is 2.60. The first-order valence-electron chi connectivity index (χ1n) is 4.57. The highest BCUT2D eigenvalue weighted by molar-refractivity contribution is 6.74. The number of halogens is 3. The maximum Gasteiger partial charge on any atom is 0.510 e. The zero-order chi connectivity index (χ0) is 11.8. The summed E-state index contributed by atoms with van der Waals surface area (Å²) in [7, 11) is 0. The van der Waals surface area contributed by atoms with Gasteiger partial charge in [0.05, 0.1) is 0 Å². The highest BCUT2D eigenvalue weighted by Gasteiger charge is 2.30. The molecular weight excluding hydrogens is 204 g/mol. The molecule has 84 valence electrons. The van der Waals surface area contributed by atoms with Crippen molar-refractivity contribution < 1.29 is 12.9 Å². The van der Waals surface area contributed by atoms with E-state index in [4.69, 9.17) is 11.5 Å². The van der Waals surface area contributed by atoms with Crippen molar-refractivity contribution >= 4 is 18.1 Å². The number of benzene rings is 1. The summed E-state index contributed by atoms with van der Waals surface area (Å²) >= 11 is 0. The summed E-state index contributed by atoms with van der Waals surface area (Å²) in [5.41, 5.74) is 11.2. The topological polar surface area (TPSA) is 52.0 Å². The van der Waals surface area contributed by atoms with E-state index in [2.05, 4.69) is 0 Å². The smallest absolute Gasteiger partial charge is 0.445 e. The minimum absolute atomic E-state index is 0.0650. The molecule has 1 rings (SSSR count). The van der Waals surface area contributed by atoms with Crippen LogP contribution < -0.4 is 16.9 Å². The zero-order valence-corrected chi connectivity index (χ0v) is 8.65. The highest BCUT2D eigenvalue weighted by Crippen LogP contribution is 2.22. The largest absolute Gasteiger partial charge is 0.510 e. The first-order chi connectivity index (χ1) is 6.79. The van der Waals surface area contributed by atoms with Crippen LogP contribution in [0.2, 0.25) is 0 Å². The van der Waals surface area contributed by atoms with Gasteiger partial charge in [-0.1, -0.05) is 11.1 Å². The van der Waals surface area contributed by atoms with Crippen LogP contribution in [0.1, 0.15) is 16.7 Å². The molecule has 0 fully saturated rings. The normalized spacial score (nSPS) is 11.9. The predicted octanol–water partition coefficient (Wildman–Crippen LogP) is 1.40. The van der Waals surface area contributed by atoms with Gasteiger partial charge in [0.15, 0.2) is 0 Å². The Morgan fingerprint density at radius 1 is 1.20 bits per heavy atom. The van der Waals surface area contributed by atoms with Crippen LogP contribution in [0.4, 0.5) is 18.6 Å². The Bertz CT molecular complexity index is 388. The van der Waals surface area contributed by atoms with Gasteiger partial charge in [0.2, 0.25) is 0 Å². The molecule has 0 amide bonds. The van der Waals surface area contributed by atoms with E-state index in [-0.39, 0.29) is 23.4 Å². The van der Waals surface area contributed by atoms with Crippen molar-refractivity contribution in [3.63, 3.8) is 0 Å². The van der Waals surface area contributed by atoms with Crippen molar-refractivity contribution in [1.82, 2.24) is 0 Å². The SMILES string of the molecule is Cc1c(N)cc(CN)c(C)c1[B-](F)(F)F. The maximum atomic E-state index is 12.8. The van der Waals surface area contributed by atoms with E-state index in [1.54, 1.807) is 0 Å². The zero-order valence-electron chi connectivity index (χ0n) is 8.65. The molecule has 0 radical (unpaired) electrons. The molecule has 0 aromatic heterocycles. The number of hydrogen-bond donors (Lipinski definition) is 2. The summed E-state index contributed by atoms with van der Waals surface area (Å²) in [6.07, 6.45) is 0. The van der Waals surface area contributed by atoms with Gasteiger partial charge in [0, 0.05) is 12.2 Å². The Morgan fingerprint density at radius 3 is 2.13 bits per heavy atom. The van der Waals surface area contributed by atoms with Gasteiger partial charge in [-0.25, -0.2) is 0 Å². The van der Waals surface area contributed by atoms with E-state index in [1.165, 1.54) is 19.9 Å². The molecule has 0 bridgehead atoms. The van der Waals surface area contributed by atoms with E-state index in [1.807, 2.05) is 0 Å². The van der Waals surface area contributed by atoms with Crippen LogP contribution in [0, 0.1) is 13.8 Å². The lowest BCUT2D eigenvalue weighted by Gasteiger charge is -2.24. The van der Waals surface area contributed by atoms with Gasteiger partial charge in [-0.15, -0.1) is 5.46 Å². The fraction of sp³-hybridized carbons (Fsp3) is 0.333. The molecule has 6 heteroatoms. The Morgan fingerprint density at radius 2 is 1.73 bits per heavy atom. The fourth-order valence-electron chi connectivity index (χ4n) is 1.72. The second kappa shape index (κ2) is 3.77. The van der Waals surface area contributed by atoms with Crippen LogP contribution in [0.3, 0.4) is 0 Å². The summed E-state index contributed by atoms with van der Waals surface area (Å²) in [4.78, 5) is 0. The van der Waals surface area contributed by atoms with Crippen LogP contribution >= 0.6 is 0 Å². The van der Waals surface area contributed by atoms with Crippen molar-refractivity contribution in [2.45, 2.75) is 20.4 Å². The third kappa shape index (κ3) is 2.09. The summed E-state index contributed by atoms with van der Waals surface area (Å²) in [6.45, 7) is -2.16. The second-order valence-corrected chi connectivity index (χ2v) is 3.57. The lowest BCUT2D eigenvalue weighted by Crippen LogP contribution is -2.39. The van der Waals surface area contributed by atoms with Crippen LogP contribution in [0.15, 0.2) is 6.07 Å². The molecule has 0 atom stereocenters. The minimum Gasteiger partial charge on any atom is -0.445 e. The molecule has 0 aliphatic heterocycles. The first kappa shape index (κ1) is 11.9. The highest BCUT2D eigenvalue weighted by atomic mass is 19.4. The monoisotopic (exact) mass is 217 g/mol. The third-order valence-corrected chi connectivity index (χ3v) is 2.60. The van der Waals surface area contributed by atoms with Crippen LogP contribution in [-0.4, -0.2) is 6.98 Å². The maximum absolute atomic E-state index is 12.8. The van der Waals surface area contributed by atoms with E-state index >= 15 is 0 Å². The Hall–Kier alpha value is -1.17. The molecule has 15 heavy (non-hydrogen) atoms. The Kier molecular flexibility index (Phi) is 2.99. The molecule has 0 unspecified atom stereocenters. The van der Waals surface area contributed by atoms with Gasteiger partial charge in [-0.05, 0) is 25.5 Å². The number of anilines is 1. The van der Waals surface area contributed by atoms with E-state index in [0.29, 0.717) is 5.56 Å². The lowest BCUT2D eigenvalue weighted by molar-refractivity contribution is 0.500. The van der Waals surface area contributed by atoms with Crippen LogP contribution in [0.5, 0.6) is 0 Å². The predicted molar refractivity (Wildman–Crippen MR) is 56.9 cm³/mol. The summed E-state index contributed by atoms with van der Waals surface area (Å²) in [5, 5.41) is 0. The molecule has 2 nitrogen and oxygen atoms in total. The number of nitrogen functional groups attached to an aromatic ring is 1. The average molecular weight is 217 g/mol. The summed E-state index contributed by atoms with van der Waals surface area (Å²) in [6, 6.07) is 1.51. The van der Waals surface area contributed by atoms with Gasteiger partial charge in [0.1, 0.15) is 0 Å². The van der Waals surface area contributed by atoms with E-state index in [9.17, 15) is 12.9 Å². The molecule has 0 saturated carbocycles.